The summed E-state index contributed by atoms with van der Waals surface area (Å²) in [5.41, 5.74) is 5.48. The number of nitrogens with zero attached hydrogens (tertiary/aromatic N) is 3. The van der Waals surface area contributed by atoms with Crippen LogP contribution in [0.15, 0.2) is 48.7 Å². The van der Waals surface area contributed by atoms with Crippen molar-refractivity contribution in [3.63, 3.8) is 0 Å². The van der Waals surface area contributed by atoms with Crippen molar-refractivity contribution in [2.75, 3.05) is 23.7 Å². The Balaban J connectivity index is 0.000000360. The van der Waals surface area contributed by atoms with E-state index in [4.69, 9.17) is 31.4 Å². The number of hydrogen-bond donors (Lipinski definition) is 6. The predicted octanol–water partition coefficient (Wildman–Crippen LogP) is 5.82. The molecule has 2 aliphatic heterocycles. The third kappa shape index (κ3) is 11.5. The Morgan fingerprint density at radius 3 is 2.17 bits per heavy atom. The lowest BCUT2D eigenvalue weighted by Crippen LogP contribution is -2.34. The average molecular weight is 693 g/mol. The Hall–Kier alpha value is -4.84. The number of carbonyl (C=O) groups is 3. The van der Waals surface area contributed by atoms with Crippen LogP contribution in [-0.2, 0) is 29.0 Å². The number of halogens is 7. The van der Waals surface area contributed by atoms with Gasteiger partial charge in [-0.1, -0.05) is 29.8 Å². The summed E-state index contributed by atoms with van der Waals surface area (Å²) in [7, 11) is 0. The molecule has 12 nitrogen and oxygen atoms in total. The SMILES string of the molecule is O=C(O)C(F)(F)F.O=C(O)C(F)(F)F.O=C(O)N1CC[C@H](NCc2ccc3cc2CCc2cccc(c2)Nc2ncc(Cl)c(n2)N3)C1. The molecule has 5 rings (SSSR count). The molecule has 6 N–H and O–H groups in total. The number of anilines is 4. The molecule has 3 aromatic rings. The fourth-order valence-corrected chi connectivity index (χ4v) is 4.47. The van der Waals surface area contributed by atoms with Gasteiger partial charge in [-0.15, -0.1) is 0 Å². The number of benzene rings is 2. The van der Waals surface area contributed by atoms with Crippen LogP contribution >= 0.6 is 11.6 Å². The molecule has 2 aliphatic rings. The summed E-state index contributed by atoms with van der Waals surface area (Å²) in [5.74, 6) is -4.49. The Labute approximate surface area is 267 Å². The molecule has 1 fully saturated rings. The number of alkyl halides is 6. The molecule has 2 aromatic carbocycles. The van der Waals surface area contributed by atoms with Gasteiger partial charge in [-0.3, -0.25) is 0 Å². The molecule has 19 heteroatoms. The third-order valence-corrected chi connectivity index (χ3v) is 6.88. The number of hydrogen-bond acceptors (Lipinski definition) is 8. The molecule has 0 aliphatic carbocycles. The zero-order chi connectivity index (χ0) is 34.9. The molecule has 0 spiro atoms. The lowest BCUT2D eigenvalue weighted by atomic mass is 9.98. The van der Waals surface area contributed by atoms with Crippen molar-refractivity contribution in [2.45, 2.75) is 44.2 Å². The molecule has 1 atom stereocenters. The van der Waals surface area contributed by atoms with Gasteiger partial charge in [0.05, 0.1) is 6.20 Å². The molecule has 1 aromatic heterocycles. The number of aryl methyl sites for hydroxylation is 2. The Morgan fingerprint density at radius 2 is 1.57 bits per heavy atom. The number of likely N-dealkylation sites (tertiary alicyclic amines) is 1. The van der Waals surface area contributed by atoms with E-state index in [1.165, 1.54) is 21.6 Å². The largest absolute Gasteiger partial charge is 0.490 e. The third-order valence-electron chi connectivity index (χ3n) is 6.60. The van der Waals surface area contributed by atoms with Crippen LogP contribution in [0.3, 0.4) is 0 Å². The number of nitrogens with one attached hydrogen (secondary N) is 3. The van der Waals surface area contributed by atoms with Gasteiger partial charge in [0, 0.05) is 37.1 Å². The molecule has 0 radical (unpaired) electrons. The van der Waals surface area contributed by atoms with Crippen LogP contribution in [0.1, 0.15) is 23.1 Å². The topological polar surface area (TPSA) is 177 Å². The van der Waals surface area contributed by atoms with Gasteiger partial charge in [0.2, 0.25) is 5.95 Å². The number of fused-ring (bicyclic) bond motifs is 6. The molecule has 0 unspecified atom stereocenters. The summed E-state index contributed by atoms with van der Waals surface area (Å²) in [6.45, 7) is 1.79. The zero-order valence-corrected chi connectivity index (χ0v) is 24.7. The van der Waals surface area contributed by atoms with Crippen LogP contribution in [0.4, 0.5) is 54.3 Å². The molecule has 1 amide bonds. The first-order valence-electron chi connectivity index (χ1n) is 13.5. The smallest absolute Gasteiger partial charge is 0.475 e. The van der Waals surface area contributed by atoms with Crippen LogP contribution in [0, 0.1) is 0 Å². The molecular formula is C28H27ClF6N6O6. The quantitative estimate of drug-likeness (QED) is 0.182. The summed E-state index contributed by atoms with van der Waals surface area (Å²) in [6.07, 6.45) is -6.84. The van der Waals surface area contributed by atoms with E-state index in [0.29, 0.717) is 36.4 Å². The second kappa shape index (κ2) is 15.6. The maximum Gasteiger partial charge on any atom is 0.490 e. The summed E-state index contributed by atoms with van der Waals surface area (Å²) >= 11 is 6.35. The Bertz CT molecular complexity index is 1570. The maximum absolute atomic E-state index is 11.2. The van der Waals surface area contributed by atoms with Crippen LogP contribution in [0.5, 0.6) is 0 Å². The lowest BCUT2D eigenvalue weighted by molar-refractivity contribution is -0.193. The van der Waals surface area contributed by atoms with Crippen molar-refractivity contribution in [1.82, 2.24) is 20.2 Å². The highest BCUT2D eigenvalue weighted by molar-refractivity contribution is 6.32. The first kappa shape index (κ1) is 36.6. The van der Waals surface area contributed by atoms with Crippen molar-refractivity contribution >= 4 is 52.8 Å². The second-order valence-corrected chi connectivity index (χ2v) is 10.4. The van der Waals surface area contributed by atoms with E-state index in [1.54, 1.807) is 6.20 Å². The van der Waals surface area contributed by atoms with E-state index in [9.17, 15) is 36.2 Å². The molecule has 0 saturated carbocycles. The van der Waals surface area contributed by atoms with Gasteiger partial charge >= 0.3 is 30.4 Å². The summed E-state index contributed by atoms with van der Waals surface area (Å²) in [4.78, 5) is 39.3. The van der Waals surface area contributed by atoms with Gasteiger partial charge < -0.3 is 36.2 Å². The Morgan fingerprint density at radius 1 is 0.936 bits per heavy atom. The lowest BCUT2D eigenvalue weighted by Gasteiger charge is -2.17. The number of aromatic nitrogens is 2. The van der Waals surface area contributed by atoms with Crippen LogP contribution in [0.25, 0.3) is 0 Å². The van der Waals surface area contributed by atoms with E-state index in [2.05, 4.69) is 50.2 Å². The number of amides is 1. The first-order chi connectivity index (χ1) is 21.9. The second-order valence-electron chi connectivity index (χ2n) is 10.0. The summed E-state index contributed by atoms with van der Waals surface area (Å²) < 4.78 is 63.5. The minimum Gasteiger partial charge on any atom is -0.475 e. The highest BCUT2D eigenvalue weighted by atomic mass is 35.5. The van der Waals surface area contributed by atoms with Crippen molar-refractivity contribution in [3.8, 4) is 0 Å². The van der Waals surface area contributed by atoms with Crippen molar-refractivity contribution in [2.24, 2.45) is 0 Å². The van der Waals surface area contributed by atoms with Crippen LogP contribution < -0.4 is 16.0 Å². The van der Waals surface area contributed by atoms with Gasteiger partial charge in [0.1, 0.15) is 5.02 Å². The van der Waals surface area contributed by atoms with Gasteiger partial charge in [-0.2, -0.15) is 31.3 Å². The van der Waals surface area contributed by atoms with E-state index in [1.807, 2.05) is 18.2 Å². The van der Waals surface area contributed by atoms with Crippen molar-refractivity contribution < 1.29 is 56.0 Å². The number of carboxylic acids is 2. The highest BCUT2D eigenvalue weighted by Crippen LogP contribution is 2.28. The molecule has 3 heterocycles. The zero-order valence-electron chi connectivity index (χ0n) is 24.0. The normalized spacial score (nSPS) is 15.5. The van der Waals surface area contributed by atoms with Crippen molar-refractivity contribution in [3.05, 3.63) is 70.4 Å². The maximum atomic E-state index is 11.2. The number of rotatable bonds is 3. The standard InChI is InChI=1S/C24H25ClN6O2.2C2HF3O2/c25-21-13-27-23-29-18-3-1-2-15(10-18)4-5-16-11-19(28-22(21)30-23)7-6-17(16)12-26-20-8-9-31(14-20)24(32)33;2*3-2(4,5)1(6)7/h1-3,6-7,10-11,13,20,26H,4-5,8-9,12,14H2,(H,32,33)(H2,27,28,29,30);2*(H,6,7)/t20-;;/m0../s1. The summed E-state index contributed by atoms with van der Waals surface area (Å²) in [6, 6.07) is 14.7. The molecular weight excluding hydrogens is 666 g/mol. The van der Waals surface area contributed by atoms with Crippen LogP contribution in [0.2, 0.25) is 5.02 Å². The average Bonchev–Trinajstić information content (AvgIpc) is 3.46. The fraction of sp³-hybridized carbons (Fsp3) is 0.321. The highest BCUT2D eigenvalue weighted by Gasteiger charge is 2.39. The summed E-state index contributed by atoms with van der Waals surface area (Å²) in [5, 5.41) is 34.0. The number of aliphatic carboxylic acids is 2. The van der Waals surface area contributed by atoms with E-state index in [-0.39, 0.29) is 6.04 Å². The van der Waals surface area contributed by atoms with E-state index >= 15 is 0 Å². The van der Waals surface area contributed by atoms with Gasteiger partial charge in [0.25, 0.3) is 0 Å². The van der Waals surface area contributed by atoms with E-state index < -0.39 is 30.4 Å². The first-order valence-corrected chi connectivity index (χ1v) is 13.9. The van der Waals surface area contributed by atoms with Gasteiger partial charge in [-0.25, -0.2) is 19.4 Å². The molecule has 6 bridgehead atoms. The molecule has 254 valence electrons. The van der Waals surface area contributed by atoms with E-state index in [0.717, 1.165) is 30.6 Å². The van der Waals surface area contributed by atoms with Gasteiger partial charge in [0.15, 0.2) is 5.82 Å². The van der Waals surface area contributed by atoms with Gasteiger partial charge in [-0.05, 0) is 60.2 Å². The monoisotopic (exact) mass is 692 g/mol. The van der Waals surface area contributed by atoms with Crippen LogP contribution in [-0.4, -0.2) is 79.7 Å². The van der Waals surface area contributed by atoms with Crippen molar-refractivity contribution in [1.29, 1.82) is 0 Å². The molecule has 47 heavy (non-hydrogen) atoms. The Kier molecular flexibility index (Phi) is 12.2. The molecule has 1 saturated heterocycles. The minimum atomic E-state index is -5.08. The fourth-order valence-electron chi connectivity index (χ4n) is 4.33. The number of carboxylic acid groups (broad SMARTS) is 3. The predicted molar refractivity (Wildman–Crippen MR) is 156 cm³/mol. The minimum absolute atomic E-state index is 0.168.